The molecule has 2 heteroatoms. The van der Waals surface area contributed by atoms with E-state index in [1.807, 2.05) is 0 Å². The van der Waals surface area contributed by atoms with E-state index >= 15 is 0 Å². The summed E-state index contributed by atoms with van der Waals surface area (Å²) in [7, 11) is 0. The van der Waals surface area contributed by atoms with E-state index in [0.29, 0.717) is 5.92 Å². The Labute approximate surface area is 122 Å². The van der Waals surface area contributed by atoms with Crippen molar-refractivity contribution >= 4 is 0 Å². The summed E-state index contributed by atoms with van der Waals surface area (Å²) in [4.78, 5) is 0. The molecule has 2 aromatic carbocycles. The van der Waals surface area contributed by atoms with Crippen LogP contribution >= 0.6 is 0 Å². The summed E-state index contributed by atoms with van der Waals surface area (Å²) in [6, 6.07) is 21.1. The lowest BCUT2D eigenvalue weighted by Gasteiger charge is -2.14. The first-order chi connectivity index (χ1) is 9.84. The van der Waals surface area contributed by atoms with Crippen molar-refractivity contribution in [2.24, 2.45) is 5.92 Å². The fraction of sp³-hybridized carbons (Fsp3) is 0.333. The number of hydrogen-bond donors (Lipinski definition) is 2. The van der Waals surface area contributed by atoms with Gasteiger partial charge in [-0.05, 0) is 30.1 Å². The second-order valence-electron chi connectivity index (χ2n) is 5.34. The van der Waals surface area contributed by atoms with E-state index in [9.17, 15) is 0 Å². The maximum atomic E-state index is 3.51. The zero-order valence-electron chi connectivity index (χ0n) is 12.2. The summed E-state index contributed by atoms with van der Waals surface area (Å²) in [5, 5.41) is 7.02. The average Bonchev–Trinajstić information content (AvgIpc) is 2.49. The van der Waals surface area contributed by atoms with Crippen LogP contribution in [0.4, 0.5) is 0 Å². The summed E-state index contributed by atoms with van der Waals surface area (Å²) in [6.45, 7) is 6.25. The van der Waals surface area contributed by atoms with Gasteiger partial charge >= 0.3 is 0 Å². The van der Waals surface area contributed by atoms with Crippen molar-refractivity contribution in [2.75, 3.05) is 13.1 Å². The van der Waals surface area contributed by atoms with Crippen molar-refractivity contribution in [3.63, 3.8) is 0 Å². The van der Waals surface area contributed by atoms with E-state index in [-0.39, 0.29) is 0 Å². The number of hydrogen-bond acceptors (Lipinski definition) is 2. The Bertz CT molecular complexity index is 422. The molecular weight excluding hydrogens is 244 g/mol. The molecule has 0 saturated carbocycles. The van der Waals surface area contributed by atoms with Gasteiger partial charge in [0.2, 0.25) is 0 Å². The Kier molecular flexibility index (Phi) is 6.28. The molecule has 106 valence electrons. The Hall–Kier alpha value is -1.64. The third kappa shape index (κ3) is 5.55. The number of rotatable bonds is 8. The molecule has 0 heterocycles. The van der Waals surface area contributed by atoms with Crippen molar-refractivity contribution in [3.05, 3.63) is 71.8 Å². The third-order valence-corrected chi connectivity index (χ3v) is 3.33. The van der Waals surface area contributed by atoms with E-state index in [2.05, 4.69) is 78.2 Å². The molecule has 20 heavy (non-hydrogen) atoms. The maximum Gasteiger partial charge on any atom is 0.0205 e. The van der Waals surface area contributed by atoms with Crippen LogP contribution in [0.25, 0.3) is 0 Å². The topological polar surface area (TPSA) is 24.1 Å². The summed E-state index contributed by atoms with van der Waals surface area (Å²) in [6.07, 6.45) is 0. The maximum absolute atomic E-state index is 3.51. The average molecular weight is 268 g/mol. The van der Waals surface area contributed by atoms with E-state index < -0.39 is 0 Å². The predicted octanol–water partition coefficient (Wildman–Crippen LogP) is 3.20. The molecule has 0 aromatic heterocycles. The standard InChI is InChI=1S/C18H24N2/c1-16(12-19-14-17-8-4-2-5-9-17)13-20-15-18-10-6-3-7-11-18/h2-11,16,19-20H,12-15H2,1H3. The van der Waals surface area contributed by atoms with Crippen LogP contribution in [0.5, 0.6) is 0 Å². The summed E-state index contributed by atoms with van der Waals surface area (Å²) < 4.78 is 0. The highest BCUT2D eigenvalue weighted by molar-refractivity contribution is 5.14. The molecule has 0 aliphatic rings. The van der Waals surface area contributed by atoms with Crippen molar-refractivity contribution in [3.8, 4) is 0 Å². The minimum atomic E-state index is 0.627. The van der Waals surface area contributed by atoms with Gasteiger partial charge in [-0.1, -0.05) is 67.6 Å². The fourth-order valence-corrected chi connectivity index (χ4v) is 2.19. The van der Waals surface area contributed by atoms with Gasteiger partial charge in [0.1, 0.15) is 0 Å². The molecule has 2 aromatic rings. The van der Waals surface area contributed by atoms with Crippen molar-refractivity contribution in [1.82, 2.24) is 10.6 Å². The molecule has 2 rings (SSSR count). The van der Waals surface area contributed by atoms with Crippen LogP contribution in [-0.4, -0.2) is 13.1 Å². The highest BCUT2D eigenvalue weighted by Gasteiger charge is 2.01. The molecule has 0 saturated heterocycles. The highest BCUT2D eigenvalue weighted by Crippen LogP contribution is 2.00. The van der Waals surface area contributed by atoms with Gasteiger partial charge in [0, 0.05) is 13.1 Å². The smallest absolute Gasteiger partial charge is 0.0205 e. The quantitative estimate of drug-likeness (QED) is 0.768. The molecule has 2 N–H and O–H groups in total. The van der Waals surface area contributed by atoms with Gasteiger partial charge in [-0.2, -0.15) is 0 Å². The Balaban J connectivity index is 1.58. The van der Waals surface area contributed by atoms with Gasteiger partial charge in [-0.3, -0.25) is 0 Å². The highest BCUT2D eigenvalue weighted by atomic mass is 14.9. The molecule has 0 fully saturated rings. The molecule has 0 amide bonds. The van der Waals surface area contributed by atoms with Crippen LogP contribution in [0.2, 0.25) is 0 Å². The second-order valence-corrected chi connectivity index (χ2v) is 5.34. The molecule has 0 spiro atoms. The summed E-state index contributed by atoms with van der Waals surface area (Å²) in [5.74, 6) is 0.627. The molecule has 2 nitrogen and oxygen atoms in total. The van der Waals surface area contributed by atoms with Crippen molar-refractivity contribution in [1.29, 1.82) is 0 Å². The first kappa shape index (κ1) is 14.8. The van der Waals surface area contributed by atoms with E-state index in [1.54, 1.807) is 0 Å². The van der Waals surface area contributed by atoms with Gasteiger partial charge in [-0.15, -0.1) is 0 Å². The lowest BCUT2D eigenvalue weighted by Crippen LogP contribution is -2.29. The molecule has 0 aliphatic carbocycles. The molecule has 0 aliphatic heterocycles. The van der Waals surface area contributed by atoms with Crippen LogP contribution in [-0.2, 0) is 13.1 Å². The summed E-state index contributed by atoms with van der Waals surface area (Å²) in [5.41, 5.74) is 2.69. The van der Waals surface area contributed by atoms with Crippen LogP contribution in [0, 0.1) is 5.92 Å². The molecule has 0 radical (unpaired) electrons. The monoisotopic (exact) mass is 268 g/mol. The molecular formula is C18H24N2. The normalized spacial score (nSPS) is 10.9. The van der Waals surface area contributed by atoms with Gasteiger partial charge in [0.05, 0.1) is 0 Å². The molecule has 0 unspecified atom stereocenters. The minimum Gasteiger partial charge on any atom is -0.312 e. The van der Waals surface area contributed by atoms with Crippen LogP contribution in [0.15, 0.2) is 60.7 Å². The largest absolute Gasteiger partial charge is 0.312 e. The van der Waals surface area contributed by atoms with E-state index in [1.165, 1.54) is 11.1 Å². The van der Waals surface area contributed by atoms with Gasteiger partial charge in [-0.25, -0.2) is 0 Å². The first-order valence-electron chi connectivity index (χ1n) is 7.34. The van der Waals surface area contributed by atoms with E-state index in [4.69, 9.17) is 0 Å². The zero-order valence-corrected chi connectivity index (χ0v) is 12.2. The van der Waals surface area contributed by atoms with Gasteiger partial charge < -0.3 is 10.6 Å². The van der Waals surface area contributed by atoms with Crippen LogP contribution in [0.1, 0.15) is 18.1 Å². The number of benzene rings is 2. The predicted molar refractivity (Wildman–Crippen MR) is 85.5 cm³/mol. The van der Waals surface area contributed by atoms with Gasteiger partial charge in [0.25, 0.3) is 0 Å². The van der Waals surface area contributed by atoms with Gasteiger partial charge in [0.15, 0.2) is 0 Å². The Morgan fingerprint density at radius 1 is 0.700 bits per heavy atom. The van der Waals surface area contributed by atoms with Crippen molar-refractivity contribution in [2.45, 2.75) is 20.0 Å². The summed E-state index contributed by atoms with van der Waals surface area (Å²) >= 11 is 0. The second kappa shape index (κ2) is 8.51. The Morgan fingerprint density at radius 3 is 1.50 bits per heavy atom. The van der Waals surface area contributed by atoms with E-state index in [0.717, 1.165) is 26.2 Å². The van der Waals surface area contributed by atoms with Crippen LogP contribution < -0.4 is 10.6 Å². The number of nitrogens with one attached hydrogen (secondary N) is 2. The first-order valence-corrected chi connectivity index (χ1v) is 7.34. The SMILES string of the molecule is CC(CNCc1ccccc1)CNCc1ccccc1. The minimum absolute atomic E-state index is 0.627. The zero-order chi connectivity index (χ0) is 14.0. The Morgan fingerprint density at radius 2 is 1.10 bits per heavy atom. The molecule has 0 atom stereocenters. The van der Waals surface area contributed by atoms with Crippen LogP contribution in [0.3, 0.4) is 0 Å². The van der Waals surface area contributed by atoms with Crippen molar-refractivity contribution < 1.29 is 0 Å². The fourth-order valence-electron chi connectivity index (χ4n) is 2.19. The lowest BCUT2D eigenvalue weighted by molar-refractivity contribution is 0.472. The molecule has 0 bridgehead atoms. The third-order valence-electron chi connectivity index (χ3n) is 3.33. The lowest BCUT2D eigenvalue weighted by atomic mass is 10.1.